The van der Waals surface area contributed by atoms with Crippen LogP contribution in [0.1, 0.15) is 22.8 Å². The lowest BCUT2D eigenvalue weighted by Gasteiger charge is -2.10. The van der Waals surface area contributed by atoms with Crippen LogP contribution in [-0.2, 0) is 4.79 Å². The summed E-state index contributed by atoms with van der Waals surface area (Å²) in [5.74, 6) is 0.402. The first-order chi connectivity index (χ1) is 14.4. The number of hydrogen-bond acceptors (Lipinski definition) is 7. The Morgan fingerprint density at radius 2 is 1.83 bits per heavy atom. The van der Waals surface area contributed by atoms with Crippen LogP contribution >= 0.6 is 35.6 Å². The second-order valence-corrected chi connectivity index (χ2v) is 8.16. The molecule has 1 heterocycles. The first-order valence-electron chi connectivity index (χ1n) is 8.87. The fourth-order valence-electron chi connectivity index (χ4n) is 2.74. The third kappa shape index (κ3) is 4.61. The Kier molecular flexibility index (Phi) is 7.02. The van der Waals surface area contributed by atoms with E-state index in [0.29, 0.717) is 32.8 Å². The average Bonchev–Trinajstić information content (AvgIpc) is 3.01. The van der Waals surface area contributed by atoms with Gasteiger partial charge in [0.25, 0.3) is 5.91 Å². The van der Waals surface area contributed by atoms with Crippen molar-refractivity contribution in [3.8, 4) is 17.2 Å². The van der Waals surface area contributed by atoms with Crippen molar-refractivity contribution in [3.05, 3.63) is 57.5 Å². The lowest BCUT2D eigenvalue weighted by Crippen LogP contribution is -2.27. The number of ether oxygens (including phenoxy) is 3. The van der Waals surface area contributed by atoms with Crippen LogP contribution in [0.25, 0.3) is 6.08 Å². The largest absolute Gasteiger partial charge is 0.493 e. The maximum atomic E-state index is 12.5. The van der Waals surface area contributed by atoms with E-state index in [2.05, 4.69) is 0 Å². The zero-order valence-electron chi connectivity index (χ0n) is 16.4. The molecule has 1 amide bonds. The molecule has 0 N–H and O–H groups in total. The van der Waals surface area contributed by atoms with Crippen LogP contribution < -0.4 is 14.2 Å². The van der Waals surface area contributed by atoms with E-state index in [0.717, 1.165) is 0 Å². The van der Waals surface area contributed by atoms with Crippen molar-refractivity contribution in [1.29, 1.82) is 0 Å². The summed E-state index contributed by atoms with van der Waals surface area (Å²) in [4.78, 5) is 26.9. The maximum Gasteiger partial charge on any atom is 0.343 e. The van der Waals surface area contributed by atoms with E-state index in [4.69, 9.17) is 38.0 Å². The molecule has 3 rings (SSSR count). The molecule has 0 aromatic heterocycles. The molecule has 1 fully saturated rings. The van der Waals surface area contributed by atoms with Crippen molar-refractivity contribution < 1.29 is 23.8 Å². The normalized spacial score (nSPS) is 14.9. The molecule has 2 aromatic rings. The van der Waals surface area contributed by atoms with E-state index in [1.807, 2.05) is 6.92 Å². The van der Waals surface area contributed by atoms with Gasteiger partial charge in [0.05, 0.1) is 29.7 Å². The maximum absolute atomic E-state index is 12.5. The molecule has 1 aliphatic rings. The van der Waals surface area contributed by atoms with Gasteiger partial charge in [-0.25, -0.2) is 4.79 Å². The number of thiocarbonyl (C=S) groups is 1. The minimum absolute atomic E-state index is 0.132. The van der Waals surface area contributed by atoms with Gasteiger partial charge < -0.3 is 14.2 Å². The summed E-state index contributed by atoms with van der Waals surface area (Å²) in [6, 6.07) is 9.62. The minimum atomic E-state index is -0.588. The SMILES string of the molecule is CCN1C(=O)/C(=C/c2ccc(OC(=O)c3ccc(OC)c(OC)c3)c(Cl)c2)SC1=S. The average molecular weight is 464 g/mol. The second kappa shape index (κ2) is 9.51. The van der Waals surface area contributed by atoms with Crippen LogP contribution in [0.4, 0.5) is 0 Å². The van der Waals surface area contributed by atoms with Crippen LogP contribution in [0.2, 0.25) is 5.02 Å². The molecule has 0 saturated carbocycles. The molecule has 1 saturated heterocycles. The fraction of sp³-hybridized carbons (Fsp3) is 0.190. The Balaban J connectivity index is 1.78. The minimum Gasteiger partial charge on any atom is -0.493 e. The molecule has 0 spiro atoms. The molecular weight excluding hydrogens is 446 g/mol. The van der Waals surface area contributed by atoms with Gasteiger partial charge in [-0.2, -0.15) is 0 Å². The van der Waals surface area contributed by atoms with Crippen molar-refractivity contribution in [2.45, 2.75) is 6.92 Å². The molecule has 0 aliphatic carbocycles. The van der Waals surface area contributed by atoms with Crippen molar-refractivity contribution in [2.24, 2.45) is 0 Å². The Morgan fingerprint density at radius 3 is 2.43 bits per heavy atom. The summed E-state index contributed by atoms with van der Waals surface area (Å²) < 4.78 is 16.3. The number of methoxy groups -OCH3 is 2. The zero-order valence-corrected chi connectivity index (χ0v) is 18.8. The van der Waals surface area contributed by atoms with E-state index in [-0.39, 0.29) is 22.2 Å². The van der Waals surface area contributed by atoms with Gasteiger partial charge in [0.2, 0.25) is 0 Å². The fourth-order valence-corrected chi connectivity index (χ4v) is 4.35. The Hall–Kier alpha value is -2.55. The van der Waals surface area contributed by atoms with Crippen molar-refractivity contribution in [2.75, 3.05) is 20.8 Å². The van der Waals surface area contributed by atoms with Gasteiger partial charge in [-0.1, -0.05) is 41.6 Å². The van der Waals surface area contributed by atoms with E-state index < -0.39 is 5.97 Å². The highest BCUT2D eigenvalue weighted by molar-refractivity contribution is 8.26. The molecule has 0 radical (unpaired) electrons. The Morgan fingerprint density at radius 1 is 1.13 bits per heavy atom. The molecule has 2 aromatic carbocycles. The lowest BCUT2D eigenvalue weighted by atomic mass is 10.2. The van der Waals surface area contributed by atoms with Gasteiger partial charge >= 0.3 is 5.97 Å². The highest BCUT2D eigenvalue weighted by Crippen LogP contribution is 2.34. The summed E-state index contributed by atoms with van der Waals surface area (Å²) in [6.45, 7) is 2.39. The molecule has 1 aliphatic heterocycles. The van der Waals surface area contributed by atoms with Crippen LogP contribution in [0.15, 0.2) is 41.3 Å². The predicted octanol–water partition coefficient (Wildman–Crippen LogP) is 4.80. The molecular formula is C21H18ClNO5S2. The first kappa shape index (κ1) is 22.1. The van der Waals surface area contributed by atoms with E-state index in [1.165, 1.54) is 36.9 Å². The van der Waals surface area contributed by atoms with Gasteiger partial charge in [-0.15, -0.1) is 0 Å². The van der Waals surface area contributed by atoms with Crippen molar-refractivity contribution in [3.63, 3.8) is 0 Å². The topological polar surface area (TPSA) is 65.1 Å². The Labute approximate surface area is 188 Å². The van der Waals surface area contributed by atoms with Crippen molar-refractivity contribution >= 4 is 57.9 Å². The smallest absolute Gasteiger partial charge is 0.343 e. The molecule has 6 nitrogen and oxygen atoms in total. The molecule has 30 heavy (non-hydrogen) atoms. The Bertz CT molecular complexity index is 1050. The van der Waals surface area contributed by atoms with Gasteiger partial charge in [0.15, 0.2) is 11.5 Å². The zero-order chi connectivity index (χ0) is 21.8. The number of benzene rings is 2. The summed E-state index contributed by atoms with van der Waals surface area (Å²) in [5, 5.41) is 0.239. The van der Waals surface area contributed by atoms with Crippen LogP contribution in [-0.4, -0.2) is 41.9 Å². The first-order valence-corrected chi connectivity index (χ1v) is 10.5. The number of esters is 1. The lowest BCUT2D eigenvalue weighted by molar-refractivity contribution is -0.121. The molecule has 9 heteroatoms. The number of carbonyl (C=O) groups excluding carboxylic acids is 2. The van der Waals surface area contributed by atoms with E-state index >= 15 is 0 Å². The van der Waals surface area contributed by atoms with Gasteiger partial charge in [-0.3, -0.25) is 9.69 Å². The number of hydrogen-bond donors (Lipinski definition) is 0. The monoisotopic (exact) mass is 463 g/mol. The highest BCUT2D eigenvalue weighted by Gasteiger charge is 2.30. The van der Waals surface area contributed by atoms with Crippen molar-refractivity contribution in [1.82, 2.24) is 4.90 Å². The molecule has 156 valence electrons. The number of thioether (sulfide) groups is 1. The van der Waals surface area contributed by atoms with Gasteiger partial charge in [-0.05, 0) is 48.9 Å². The number of amides is 1. The summed E-state index contributed by atoms with van der Waals surface area (Å²) in [7, 11) is 2.99. The third-order valence-electron chi connectivity index (χ3n) is 4.27. The van der Waals surface area contributed by atoms with Gasteiger partial charge in [0, 0.05) is 6.54 Å². The van der Waals surface area contributed by atoms with Crippen LogP contribution in [0.3, 0.4) is 0 Å². The predicted molar refractivity (Wildman–Crippen MR) is 122 cm³/mol. The van der Waals surface area contributed by atoms with Crippen LogP contribution in [0.5, 0.6) is 17.2 Å². The molecule has 0 atom stereocenters. The number of rotatable bonds is 6. The number of carbonyl (C=O) groups is 2. The quantitative estimate of drug-likeness (QED) is 0.264. The van der Waals surface area contributed by atoms with E-state index in [1.54, 1.807) is 36.4 Å². The third-order valence-corrected chi connectivity index (χ3v) is 5.94. The highest BCUT2D eigenvalue weighted by atomic mass is 35.5. The van der Waals surface area contributed by atoms with Crippen LogP contribution in [0, 0.1) is 0 Å². The standard InChI is InChI=1S/C21H18ClNO5S2/c1-4-23-19(24)18(30-21(23)29)10-12-5-7-15(14(22)9-12)28-20(25)13-6-8-16(26-2)17(11-13)27-3/h5-11H,4H2,1-3H3/b18-10-. The summed E-state index contributed by atoms with van der Waals surface area (Å²) in [5.41, 5.74) is 0.985. The number of likely N-dealkylation sites (N-methyl/N-ethyl adjacent to an activating group) is 1. The van der Waals surface area contributed by atoms with Gasteiger partial charge in [0.1, 0.15) is 10.1 Å². The summed E-state index contributed by atoms with van der Waals surface area (Å²) >= 11 is 12.7. The number of halogens is 1. The molecule has 0 unspecified atom stereocenters. The molecule has 0 bridgehead atoms. The second-order valence-electron chi connectivity index (χ2n) is 6.08. The number of nitrogens with zero attached hydrogens (tertiary/aromatic N) is 1. The summed E-state index contributed by atoms with van der Waals surface area (Å²) in [6.07, 6.45) is 1.71. The van der Waals surface area contributed by atoms with E-state index in [9.17, 15) is 9.59 Å².